The Balaban J connectivity index is 1.36. The highest BCUT2D eigenvalue weighted by molar-refractivity contribution is 5.79. The molecular weight excluding hydrogens is 381 g/mol. The van der Waals surface area contributed by atoms with Crippen LogP contribution in [-0.4, -0.2) is 25.5 Å². The first kappa shape index (κ1) is 19.4. The van der Waals surface area contributed by atoms with Gasteiger partial charge in [-0.15, -0.1) is 0 Å². The van der Waals surface area contributed by atoms with Gasteiger partial charge in [-0.05, 0) is 34.4 Å². The zero-order valence-corrected chi connectivity index (χ0v) is 16.0. The Kier molecular flexibility index (Phi) is 5.58. The second-order valence-corrected chi connectivity index (χ2v) is 6.81. The van der Waals surface area contributed by atoms with E-state index in [1.807, 2.05) is 24.3 Å². The number of hydrogen-bond donors (Lipinski definition) is 1. The van der Waals surface area contributed by atoms with Gasteiger partial charge in [0.05, 0.1) is 17.7 Å². The fourth-order valence-electron chi connectivity index (χ4n) is 3.64. The van der Waals surface area contributed by atoms with E-state index in [0.717, 1.165) is 22.3 Å². The van der Waals surface area contributed by atoms with E-state index in [-0.39, 0.29) is 30.2 Å². The van der Waals surface area contributed by atoms with Crippen LogP contribution in [0.3, 0.4) is 0 Å². The van der Waals surface area contributed by atoms with Gasteiger partial charge in [0.15, 0.2) is 6.29 Å². The molecule has 0 aromatic heterocycles. The summed E-state index contributed by atoms with van der Waals surface area (Å²) in [5.41, 5.74) is 4.65. The van der Waals surface area contributed by atoms with Crippen LogP contribution in [0.5, 0.6) is 0 Å². The average molecular weight is 399 g/mol. The molecule has 0 saturated carbocycles. The molecule has 0 aliphatic heterocycles. The number of aldehydes is 1. The van der Waals surface area contributed by atoms with Gasteiger partial charge < -0.3 is 10.1 Å². The van der Waals surface area contributed by atoms with Crippen LogP contribution in [0.15, 0.2) is 66.7 Å². The van der Waals surface area contributed by atoms with Crippen LogP contribution >= 0.6 is 0 Å². The van der Waals surface area contributed by atoms with Gasteiger partial charge in [-0.25, -0.2) is 9.18 Å². The number of alkyl carbamates (subject to hydrolysis) is 1. The number of carbonyl (C=O) groups excluding carboxylic acids is 2. The number of benzene rings is 3. The Labute approximate surface area is 173 Å². The molecule has 5 heteroatoms. The third-order valence-corrected chi connectivity index (χ3v) is 5.04. The van der Waals surface area contributed by atoms with Crippen molar-refractivity contribution in [3.63, 3.8) is 0 Å². The van der Waals surface area contributed by atoms with Crippen LogP contribution in [-0.2, 0) is 4.74 Å². The van der Waals surface area contributed by atoms with E-state index in [9.17, 15) is 14.0 Å². The molecule has 4 nitrogen and oxygen atoms in total. The lowest BCUT2D eigenvalue weighted by atomic mass is 9.98. The summed E-state index contributed by atoms with van der Waals surface area (Å²) in [6.07, 6.45) is -0.150. The van der Waals surface area contributed by atoms with Crippen molar-refractivity contribution >= 4 is 12.4 Å². The minimum absolute atomic E-state index is 0.00142. The van der Waals surface area contributed by atoms with E-state index >= 15 is 0 Å². The van der Waals surface area contributed by atoms with Crippen LogP contribution in [0.25, 0.3) is 11.1 Å². The van der Waals surface area contributed by atoms with E-state index in [4.69, 9.17) is 4.74 Å². The van der Waals surface area contributed by atoms with Crippen molar-refractivity contribution in [2.45, 2.75) is 5.92 Å². The molecule has 0 atom stereocenters. The van der Waals surface area contributed by atoms with Gasteiger partial charge >= 0.3 is 6.09 Å². The predicted octanol–water partition coefficient (Wildman–Crippen LogP) is 4.53. The maximum atomic E-state index is 13.9. The molecule has 1 N–H and O–H groups in total. The van der Waals surface area contributed by atoms with E-state index in [1.54, 1.807) is 6.07 Å². The maximum absolute atomic E-state index is 13.9. The zero-order valence-electron chi connectivity index (χ0n) is 16.0. The Morgan fingerprint density at radius 3 is 2.33 bits per heavy atom. The Morgan fingerprint density at radius 1 is 1.00 bits per heavy atom. The number of carbonyl (C=O) groups is 2. The molecule has 1 aliphatic carbocycles. The van der Waals surface area contributed by atoms with Gasteiger partial charge in [0.2, 0.25) is 0 Å². The lowest BCUT2D eigenvalue weighted by molar-refractivity contribution is 0.111. The summed E-state index contributed by atoms with van der Waals surface area (Å²) in [5.74, 6) is 4.59. The third kappa shape index (κ3) is 3.81. The van der Waals surface area contributed by atoms with Crippen LogP contribution in [0.2, 0.25) is 0 Å². The first-order valence-electron chi connectivity index (χ1n) is 9.50. The van der Waals surface area contributed by atoms with Crippen molar-refractivity contribution in [3.05, 3.63) is 94.8 Å². The molecule has 0 bridgehead atoms. The number of fused-ring (bicyclic) bond motifs is 3. The molecule has 0 unspecified atom stereocenters. The Bertz CT molecular complexity index is 1130. The normalized spacial score (nSPS) is 11.6. The van der Waals surface area contributed by atoms with Gasteiger partial charge in [0.1, 0.15) is 12.4 Å². The largest absolute Gasteiger partial charge is 0.449 e. The molecule has 30 heavy (non-hydrogen) atoms. The van der Waals surface area contributed by atoms with E-state index in [1.165, 1.54) is 12.1 Å². The average Bonchev–Trinajstić information content (AvgIpc) is 3.10. The molecule has 3 aromatic rings. The molecule has 0 saturated heterocycles. The maximum Gasteiger partial charge on any atom is 0.407 e. The van der Waals surface area contributed by atoms with Gasteiger partial charge in [0, 0.05) is 5.92 Å². The molecule has 0 radical (unpaired) electrons. The van der Waals surface area contributed by atoms with Crippen LogP contribution in [0.4, 0.5) is 9.18 Å². The summed E-state index contributed by atoms with van der Waals surface area (Å²) >= 11 is 0. The van der Waals surface area contributed by atoms with Crippen molar-refractivity contribution < 1.29 is 18.7 Å². The number of halogens is 1. The van der Waals surface area contributed by atoms with Crippen LogP contribution < -0.4 is 5.32 Å². The quantitative estimate of drug-likeness (QED) is 0.518. The molecule has 4 rings (SSSR count). The zero-order chi connectivity index (χ0) is 20.9. The number of amides is 1. The van der Waals surface area contributed by atoms with Crippen LogP contribution in [0, 0.1) is 17.7 Å². The van der Waals surface area contributed by atoms with Crippen molar-refractivity contribution in [2.24, 2.45) is 0 Å². The number of nitrogens with one attached hydrogen (secondary N) is 1. The lowest BCUT2D eigenvalue weighted by Gasteiger charge is -2.14. The second kappa shape index (κ2) is 8.62. The molecule has 1 amide bonds. The molecule has 1 aliphatic rings. The first-order chi connectivity index (χ1) is 14.7. The SMILES string of the molecule is O=Cc1cccc(C#CCNC(=O)OCC2c3ccccc3-c3ccccc32)c1F. The highest BCUT2D eigenvalue weighted by Gasteiger charge is 2.28. The minimum atomic E-state index is -0.666. The molecule has 0 heterocycles. The Morgan fingerprint density at radius 2 is 1.67 bits per heavy atom. The summed E-state index contributed by atoms with van der Waals surface area (Å²) in [7, 11) is 0. The van der Waals surface area contributed by atoms with Gasteiger partial charge in [-0.1, -0.05) is 66.4 Å². The molecule has 148 valence electrons. The lowest BCUT2D eigenvalue weighted by Crippen LogP contribution is -2.26. The number of hydrogen-bond acceptors (Lipinski definition) is 3. The molecular formula is C25H18FNO3. The first-order valence-corrected chi connectivity index (χ1v) is 9.50. The van der Waals surface area contributed by atoms with E-state index in [0.29, 0.717) is 6.29 Å². The summed E-state index contributed by atoms with van der Waals surface area (Å²) in [6, 6.07) is 20.6. The number of rotatable bonds is 4. The standard InChI is InChI=1S/C25H18FNO3/c26-24-17(7-5-8-18(24)15-28)9-6-14-27-25(29)30-16-23-21-12-3-1-10-19(21)20-11-2-4-13-22(20)23/h1-5,7-8,10-13,15,23H,14,16H2,(H,27,29). The summed E-state index contributed by atoms with van der Waals surface area (Å²) in [4.78, 5) is 22.9. The number of ether oxygens (including phenoxy) is 1. The second-order valence-electron chi connectivity index (χ2n) is 6.81. The van der Waals surface area contributed by atoms with Crippen molar-refractivity contribution in [1.82, 2.24) is 5.32 Å². The van der Waals surface area contributed by atoms with E-state index in [2.05, 4.69) is 41.4 Å². The molecule has 3 aromatic carbocycles. The van der Waals surface area contributed by atoms with E-state index < -0.39 is 11.9 Å². The predicted molar refractivity (Wildman–Crippen MR) is 112 cm³/mol. The minimum Gasteiger partial charge on any atom is -0.449 e. The molecule has 0 spiro atoms. The smallest absolute Gasteiger partial charge is 0.407 e. The van der Waals surface area contributed by atoms with Crippen LogP contribution in [0.1, 0.15) is 33.0 Å². The third-order valence-electron chi connectivity index (χ3n) is 5.04. The van der Waals surface area contributed by atoms with Gasteiger partial charge in [0.25, 0.3) is 0 Å². The summed E-state index contributed by atoms with van der Waals surface area (Å²) < 4.78 is 19.4. The topological polar surface area (TPSA) is 55.4 Å². The Hall–Kier alpha value is -3.91. The molecule has 0 fully saturated rings. The fraction of sp³-hybridized carbons (Fsp3) is 0.120. The summed E-state index contributed by atoms with van der Waals surface area (Å²) in [5, 5.41) is 2.55. The monoisotopic (exact) mass is 399 g/mol. The van der Waals surface area contributed by atoms with Gasteiger partial charge in [-0.3, -0.25) is 4.79 Å². The van der Waals surface area contributed by atoms with Crippen molar-refractivity contribution in [2.75, 3.05) is 13.2 Å². The van der Waals surface area contributed by atoms with Crippen molar-refractivity contribution in [3.8, 4) is 23.0 Å². The highest BCUT2D eigenvalue weighted by atomic mass is 19.1. The summed E-state index contributed by atoms with van der Waals surface area (Å²) in [6.45, 7) is 0.213. The van der Waals surface area contributed by atoms with Crippen molar-refractivity contribution in [1.29, 1.82) is 0 Å². The highest BCUT2D eigenvalue weighted by Crippen LogP contribution is 2.44. The fourth-order valence-corrected chi connectivity index (χ4v) is 3.64. The van der Waals surface area contributed by atoms with Gasteiger partial charge in [-0.2, -0.15) is 0 Å².